The minimum absolute atomic E-state index is 0.0822. The average Bonchev–Trinajstić information content (AvgIpc) is 3.01. The van der Waals surface area contributed by atoms with Crippen molar-refractivity contribution < 1.29 is 27.2 Å². The van der Waals surface area contributed by atoms with Crippen LogP contribution in [0.4, 0.5) is 5.82 Å². The number of aryl methyl sites for hydroxylation is 1. The Labute approximate surface area is 190 Å². The van der Waals surface area contributed by atoms with E-state index in [1.165, 1.54) is 11.8 Å². The van der Waals surface area contributed by atoms with Gasteiger partial charge in [0.25, 0.3) is 10.1 Å². The first kappa shape index (κ1) is 26.0. The number of esters is 1. The lowest BCUT2D eigenvalue weighted by molar-refractivity contribution is -0.0251. The first-order valence-electron chi connectivity index (χ1n) is 10.8. The van der Waals surface area contributed by atoms with Gasteiger partial charge in [-0.05, 0) is 62.2 Å². The van der Waals surface area contributed by atoms with E-state index in [0.29, 0.717) is 41.3 Å². The average molecular weight is 477 g/mol. The van der Waals surface area contributed by atoms with E-state index in [2.05, 4.69) is 31.1 Å². The Hall–Kier alpha value is -1.23. The molecule has 1 aliphatic rings. The summed E-state index contributed by atoms with van der Waals surface area (Å²) in [6.07, 6.45) is 4.16. The third-order valence-electron chi connectivity index (χ3n) is 5.66. The fourth-order valence-corrected chi connectivity index (χ4v) is 5.80. The van der Waals surface area contributed by atoms with E-state index in [-0.39, 0.29) is 30.0 Å². The Balaban J connectivity index is 1.84. The molecule has 0 radical (unpaired) electrons. The molecule has 31 heavy (non-hydrogen) atoms. The van der Waals surface area contributed by atoms with Crippen molar-refractivity contribution in [2.24, 2.45) is 17.8 Å². The van der Waals surface area contributed by atoms with Crippen molar-refractivity contribution in [3.63, 3.8) is 0 Å². The summed E-state index contributed by atoms with van der Waals surface area (Å²) >= 11 is 1.45. The molecule has 8 nitrogen and oxygen atoms in total. The Morgan fingerprint density at radius 1 is 1.32 bits per heavy atom. The van der Waals surface area contributed by atoms with Gasteiger partial charge in [-0.3, -0.25) is 4.55 Å². The zero-order valence-corrected chi connectivity index (χ0v) is 20.6. The van der Waals surface area contributed by atoms with Gasteiger partial charge in [0.15, 0.2) is 0 Å². The monoisotopic (exact) mass is 476 g/mol. The second-order valence-corrected chi connectivity index (χ2v) is 11.7. The molecule has 1 aromatic heterocycles. The summed E-state index contributed by atoms with van der Waals surface area (Å²) in [7, 11) is -3.92. The smallest absolute Gasteiger partial charge is 0.342 e. The van der Waals surface area contributed by atoms with Gasteiger partial charge in [-0.15, -0.1) is 11.8 Å². The van der Waals surface area contributed by atoms with Gasteiger partial charge in [0, 0.05) is 6.20 Å². The van der Waals surface area contributed by atoms with Crippen LogP contribution in [-0.4, -0.2) is 53.7 Å². The van der Waals surface area contributed by atoms with E-state index < -0.39 is 10.1 Å². The third-order valence-corrected chi connectivity index (χ3v) is 7.60. The topological polar surface area (TPSA) is 118 Å². The number of H-pyrrole nitrogens is 1. The zero-order valence-electron chi connectivity index (χ0n) is 19.0. The van der Waals surface area contributed by atoms with Crippen molar-refractivity contribution in [1.29, 1.82) is 0 Å². The van der Waals surface area contributed by atoms with Gasteiger partial charge in [0.1, 0.15) is 29.7 Å². The predicted molar refractivity (Wildman–Crippen MR) is 124 cm³/mol. The number of carbonyl (C=O) groups is 1. The zero-order chi connectivity index (χ0) is 23.2. The Bertz CT molecular complexity index is 814. The lowest BCUT2D eigenvalue weighted by Gasteiger charge is -2.37. The predicted octanol–water partition coefficient (Wildman–Crippen LogP) is 4.29. The molecule has 3 unspecified atom stereocenters. The first-order chi connectivity index (χ1) is 14.5. The van der Waals surface area contributed by atoms with E-state index >= 15 is 0 Å². The SMILES string of the molecule is Cc1c[nH]c(NCOC(C)SCCCS(=O)(=O)O)c1C(=O)OC1C(C)CC(C)CC1C. The number of nitrogens with one attached hydrogen (secondary N) is 2. The summed E-state index contributed by atoms with van der Waals surface area (Å²) in [5, 5.41) is 3.10. The van der Waals surface area contributed by atoms with Crippen LogP contribution in [0.15, 0.2) is 6.20 Å². The van der Waals surface area contributed by atoms with Crippen LogP contribution in [0, 0.1) is 24.7 Å². The number of aromatic nitrogens is 1. The maximum absolute atomic E-state index is 12.9. The molecule has 178 valence electrons. The maximum Gasteiger partial charge on any atom is 0.342 e. The van der Waals surface area contributed by atoms with Crippen LogP contribution in [0.5, 0.6) is 0 Å². The molecule has 1 heterocycles. The fourth-order valence-electron chi connectivity index (χ4n) is 4.30. The molecule has 1 saturated carbocycles. The van der Waals surface area contributed by atoms with E-state index in [9.17, 15) is 13.2 Å². The van der Waals surface area contributed by atoms with Gasteiger partial charge in [-0.1, -0.05) is 20.8 Å². The van der Waals surface area contributed by atoms with Crippen LogP contribution in [-0.2, 0) is 19.6 Å². The standard InChI is InChI=1S/C21H36N2O6S2/c1-13-9-14(2)19(15(3)10-13)29-21(24)18-16(4)11-22-20(18)23-12-28-17(5)30-7-6-8-31(25,26)27/h11,13-15,17,19,22-23H,6-10,12H2,1-5H3,(H,25,26,27). The molecule has 0 aromatic carbocycles. The van der Waals surface area contributed by atoms with E-state index in [1.807, 2.05) is 13.8 Å². The molecular weight excluding hydrogens is 440 g/mol. The van der Waals surface area contributed by atoms with Gasteiger partial charge in [0.05, 0.1) is 5.75 Å². The number of anilines is 1. The number of ether oxygens (including phenoxy) is 2. The van der Waals surface area contributed by atoms with Gasteiger partial charge in [0.2, 0.25) is 0 Å². The van der Waals surface area contributed by atoms with Crippen molar-refractivity contribution in [2.45, 2.75) is 65.4 Å². The Morgan fingerprint density at radius 2 is 1.97 bits per heavy atom. The highest BCUT2D eigenvalue weighted by Crippen LogP contribution is 2.36. The summed E-state index contributed by atoms with van der Waals surface area (Å²) in [6, 6.07) is 0. The van der Waals surface area contributed by atoms with Crippen LogP contribution in [0.3, 0.4) is 0 Å². The Kier molecular flexibility index (Phi) is 9.72. The number of carbonyl (C=O) groups excluding carboxylic acids is 1. The summed E-state index contributed by atoms with van der Waals surface area (Å²) in [4.78, 5) is 16.0. The number of aromatic amines is 1. The van der Waals surface area contributed by atoms with Crippen LogP contribution in [0.25, 0.3) is 0 Å². The van der Waals surface area contributed by atoms with Gasteiger partial charge in [-0.25, -0.2) is 4.79 Å². The first-order valence-corrected chi connectivity index (χ1v) is 13.4. The largest absolute Gasteiger partial charge is 0.458 e. The second-order valence-electron chi connectivity index (χ2n) is 8.69. The Morgan fingerprint density at radius 3 is 2.58 bits per heavy atom. The molecule has 0 saturated heterocycles. The lowest BCUT2D eigenvalue weighted by Crippen LogP contribution is -2.37. The molecule has 2 rings (SSSR count). The third kappa shape index (κ3) is 8.32. The molecule has 1 fully saturated rings. The quantitative estimate of drug-likeness (QED) is 0.187. The van der Waals surface area contributed by atoms with Gasteiger partial charge < -0.3 is 19.8 Å². The number of hydrogen-bond donors (Lipinski definition) is 3. The van der Waals surface area contributed by atoms with Crippen molar-refractivity contribution in [2.75, 3.05) is 23.6 Å². The van der Waals surface area contributed by atoms with Crippen LogP contribution in [0.1, 0.15) is 62.9 Å². The molecule has 10 heteroatoms. The summed E-state index contributed by atoms with van der Waals surface area (Å²) < 4.78 is 41.8. The lowest BCUT2D eigenvalue weighted by atomic mass is 9.75. The van der Waals surface area contributed by atoms with E-state index in [4.69, 9.17) is 14.0 Å². The minimum Gasteiger partial charge on any atom is -0.458 e. The van der Waals surface area contributed by atoms with Crippen molar-refractivity contribution in [3.05, 3.63) is 17.3 Å². The fraction of sp³-hybridized carbons (Fsp3) is 0.762. The number of thioether (sulfide) groups is 1. The number of hydrogen-bond acceptors (Lipinski definition) is 7. The van der Waals surface area contributed by atoms with E-state index in [1.54, 1.807) is 6.20 Å². The summed E-state index contributed by atoms with van der Waals surface area (Å²) in [6.45, 7) is 10.5. The highest BCUT2D eigenvalue weighted by atomic mass is 32.2. The maximum atomic E-state index is 12.9. The summed E-state index contributed by atoms with van der Waals surface area (Å²) in [5.74, 6) is 1.85. The second kappa shape index (κ2) is 11.6. The molecule has 0 spiro atoms. The molecule has 3 atom stereocenters. The highest BCUT2D eigenvalue weighted by molar-refractivity contribution is 7.99. The van der Waals surface area contributed by atoms with Gasteiger partial charge >= 0.3 is 5.97 Å². The molecule has 3 N–H and O–H groups in total. The highest BCUT2D eigenvalue weighted by Gasteiger charge is 2.35. The minimum atomic E-state index is -3.92. The van der Waals surface area contributed by atoms with Crippen molar-refractivity contribution in [3.8, 4) is 0 Å². The van der Waals surface area contributed by atoms with Crippen molar-refractivity contribution in [1.82, 2.24) is 4.98 Å². The van der Waals surface area contributed by atoms with Crippen molar-refractivity contribution >= 4 is 33.7 Å². The molecule has 1 aliphatic carbocycles. The van der Waals surface area contributed by atoms with Crippen LogP contribution in [0.2, 0.25) is 0 Å². The molecule has 0 bridgehead atoms. The molecular formula is C21H36N2O6S2. The van der Waals surface area contributed by atoms with E-state index in [0.717, 1.165) is 18.4 Å². The number of rotatable bonds is 11. The van der Waals surface area contributed by atoms with Gasteiger partial charge in [-0.2, -0.15) is 8.42 Å². The molecule has 1 aromatic rings. The van der Waals surface area contributed by atoms with Crippen LogP contribution < -0.4 is 5.32 Å². The molecule has 0 aliphatic heterocycles. The normalized spacial score (nSPS) is 25.2. The molecule has 0 amide bonds. The summed E-state index contributed by atoms with van der Waals surface area (Å²) in [5.41, 5.74) is 1.13. The van der Waals surface area contributed by atoms with Crippen LogP contribution >= 0.6 is 11.8 Å².